The maximum Gasteiger partial charge on any atom is 0.171 e. The Labute approximate surface area is 139 Å². The van der Waals surface area contributed by atoms with Gasteiger partial charge in [-0.05, 0) is 36.2 Å². The lowest BCUT2D eigenvalue weighted by Crippen LogP contribution is -2.07. The molecule has 1 aromatic carbocycles. The van der Waals surface area contributed by atoms with Crippen molar-refractivity contribution in [2.45, 2.75) is 13.8 Å². The van der Waals surface area contributed by atoms with Crippen molar-refractivity contribution in [2.24, 2.45) is 0 Å². The van der Waals surface area contributed by atoms with E-state index >= 15 is 0 Å². The standard InChI is InChI=1S/C18H19N3OS/c1-10-9-14(12-5-7-13(8-6-12)21(3)4)15-16(19)17(11(2)22)23-18(15)20-10/h5-9H,19H2,1-4H3. The van der Waals surface area contributed by atoms with Crippen LogP contribution in [0.1, 0.15) is 22.3 Å². The van der Waals surface area contributed by atoms with Gasteiger partial charge in [0.1, 0.15) is 4.83 Å². The van der Waals surface area contributed by atoms with Crippen molar-refractivity contribution in [3.8, 4) is 11.1 Å². The summed E-state index contributed by atoms with van der Waals surface area (Å²) in [7, 11) is 4.03. The van der Waals surface area contributed by atoms with E-state index in [1.165, 1.54) is 11.3 Å². The summed E-state index contributed by atoms with van der Waals surface area (Å²) in [4.78, 5) is 19.8. The lowest BCUT2D eigenvalue weighted by Gasteiger charge is -2.13. The summed E-state index contributed by atoms with van der Waals surface area (Å²) in [6.45, 7) is 3.50. The van der Waals surface area contributed by atoms with Crippen molar-refractivity contribution in [3.63, 3.8) is 0 Å². The first-order chi connectivity index (χ1) is 10.9. The van der Waals surface area contributed by atoms with Gasteiger partial charge in [0.15, 0.2) is 5.78 Å². The van der Waals surface area contributed by atoms with E-state index in [0.29, 0.717) is 10.6 Å². The zero-order valence-electron chi connectivity index (χ0n) is 13.7. The van der Waals surface area contributed by atoms with Gasteiger partial charge in [0.05, 0.1) is 10.6 Å². The minimum Gasteiger partial charge on any atom is -0.397 e. The fourth-order valence-electron chi connectivity index (χ4n) is 2.67. The van der Waals surface area contributed by atoms with E-state index in [0.717, 1.165) is 32.7 Å². The lowest BCUT2D eigenvalue weighted by atomic mass is 10.0. The molecule has 0 saturated carbocycles. The second-order valence-electron chi connectivity index (χ2n) is 5.83. The Morgan fingerprint density at radius 1 is 1.22 bits per heavy atom. The average molecular weight is 325 g/mol. The number of hydrogen-bond donors (Lipinski definition) is 1. The summed E-state index contributed by atoms with van der Waals surface area (Å²) in [5.74, 6) is -0.0166. The van der Waals surface area contributed by atoms with Gasteiger partial charge in [0.2, 0.25) is 0 Å². The molecule has 2 heterocycles. The number of nitrogen functional groups attached to an aromatic ring is 1. The van der Waals surface area contributed by atoms with Crippen molar-refractivity contribution in [1.29, 1.82) is 0 Å². The van der Waals surface area contributed by atoms with Crippen molar-refractivity contribution in [3.05, 3.63) is 40.9 Å². The van der Waals surface area contributed by atoms with Crippen LogP contribution in [0.25, 0.3) is 21.3 Å². The highest BCUT2D eigenvalue weighted by Crippen LogP contribution is 2.40. The Morgan fingerprint density at radius 2 is 1.87 bits per heavy atom. The Kier molecular flexibility index (Phi) is 3.82. The number of nitrogens with two attached hydrogens (primary N) is 1. The summed E-state index contributed by atoms with van der Waals surface area (Å²) in [6, 6.07) is 10.3. The highest BCUT2D eigenvalue weighted by atomic mass is 32.1. The van der Waals surface area contributed by atoms with Crippen LogP contribution in [0.3, 0.4) is 0 Å². The molecule has 0 spiro atoms. The number of rotatable bonds is 3. The van der Waals surface area contributed by atoms with Gasteiger partial charge in [-0.2, -0.15) is 0 Å². The largest absolute Gasteiger partial charge is 0.397 e. The van der Waals surface area contributed by atoms with Gasteiger partial charge in [-0.15, -0.1) is 11.3 Å². The van der Waals surface area contributed by atoms with Crippen LogP contribution in [0.5, 0.6) is 0 Å². The molecule has 0 amide bonds. The predicted molar refractivity (Wildman–Crippen MR) is 98.5 cm³/mol. The first-order valence-electron chi connectivity index (χ1n) is 7.37. The minimum atomic E-state index is -0.0166. The third-order valence-corrected chi connectivity index (χ3v) is 5.04. The smallest absolute Gasteiger partial charge is 0.171 e. The topological polar surface area (TPSA) is 59.2 Å². The molecule has 2 aromatic heterocycles. The van der Waals surface area contributed by atoms with Gasteiger partial charge < -0.3 is 10.6 Å². The Bertz CT molecular complexity index is 895. The molecule has 0 saturated heterocycles. The third-order valence-electron chi connectivity index (χ3n) is 3.84. The molecule has 3 rings (SSSR count). The third kappa shape index (κ3) is 2.68. The van der Waals surface area contributed by atoms with Crippen LogP contribution < -0.4 is 10.6 Å². The number of nitrogens with zero attached hydrogens (tertiary/aromatic N) is 2. The number of carbonyl (C=O) groups excluding carboxylic acids is 1. The number of hydrogen-bond acceptors (Lipinski definition) is 5. The second-order valence-corrected chi connectivity index (χ2v) is 6.83. The van der Waals surface area contributed by atoms with E-state index in [9.17, 15) is 4.79 Å². The van der Waals surface area contributed by atoms with Crippen molar-refractivity contribution < 1.29 is 4.79 Å². The number of carbonyl (C=O) groups is 1. The zero-order valence-corrected chi connectivity index (χ0v) is 14.5. The molecule has 3 aromatic rings. The Morgan fingerprint density at radius 3 is 2.43 bits per heavy atom. The molecule has 0 bridgehead atoms. The van der Waals surface area contributed by atoms with E-state index in [1.54, 1.807) is 6.92 Å². The molecule has 0 aliphatic carbocycles. The molecule has 0 unspecified atom stereocenters. The molecule has 4 nitrogen and oxygen atoms in total. The molecule has 0 aliphatic rings. The fraction of sp³-hybridized carbons (Fsp3) is 0.222. The van der Waals surface area contributed by atoms with Crippen LogP contribution in [-0.4, -0.2) is 24.9 Å². The number of benzene rings is 1. The number of fused-ring (bicyclic) bond motifs is 1. The van der Waals surface area contributed by atoms with Crippen LogP contribution in [0, 0.1) is 6.92 Å². The van der Waals surface area contributed by atoms with E-state index in [1.807, 2.05) is 27.1 Å². The van der Waals surface area contributed by atoms with Crippen molar-refractivity contribution in [1.82, 2.24) is 4.98 Å². The summed E-state index contributed by atoms with van der Waals surface area (Å²) < 4.78 is 0. The van der Waals surface area contributed by atoms with Gasteiger partial charge in [-0.1, -0.05) is 12.1 Å². The number of anilines is 2. The maximum absolute atomic E-state index is 11.8. The van der Waals surface area contributed by atoms with Gasteiger partial charge >= 0.3 is 0 Å². The summed E-state index contributed by atoms with van der Waals surface area (Å²) >= 11 is 1.37. The molecule has 118 valence electrons. The summed E-state index contributed by atoms with van der Waals surface area (Å²) in [5.41, 5.74) is 10.9. The highest BCUT2D eigenvalue weighted by Gasteiger charge is 2.18. The van der Waals surface area contributed by atoms with E-state index in [2.05, 4.69) is 34.1 Å². The van der Waals surface area contributed by atoms with Crippen LogP contribution in [0.15, 0.2) is 30.3 Å². The molecule has 0 atom stereocenters. The molecule has 5 heteroatoms. The zero-order chi connectivity index (χ0) is 16.7. The number of aryl methyl sites for hydroxylation is 1. The van der Waals surface area contributed by atoms with E-state index < -0.39 is 0 Å². The van der Waals surface area contributed by atoms with E-state index in [-0.39, 0.29) is 5.78 Å². The van der Waals surface area contributed by atoms with Crippen molar-refractivity contribution >= 4 is 38.7 Å². The molecule has 0 radical (unpaired) electrons. The fourth-order valence-corrected chi connectivity index (χ4v) is 3.73. The molecule has 0 aliphatic heterocycles. The monoisotopic (exact) mass is 325 g/mol. The maximum atomic E-state index is 11.8. The van der Waals surface area contributed by atoms with Crippen LogP contribution >= 0.6 is 11.3 Å². The molecule has 23 heavy (non-hydrogen) atoms. The number of pyridine rings is 1. The van der Waals surface area contributed by atoms with Gasteiger partial charge in [-0.25, -0.2) is 4.98 Å². The van der Waals surface area contributed by atoms with Gasteiger partial charge in [0, 0.05) is 37.8 Å². The Hall–Kier alpha value is -2.40. The van der Waals surface area contributed by atoms with E-state index in [4.69, 9.17) is 5.73 Å². The molecular formula is C18H19N3OS. The average Bonchev–Trinajstić information content (AvgIpc) is 2.83. The first kappa shape index (κ1) is 15.5. The second kappa shape index (κ2) is 5.66. The summed E-state index contributed by atoms with van der Waals surface area (Å²) in [5, 5.41) is 0.878. The first-order valence-corrected chi connectivity index (χ1v) is 8.18. The molecule has 0 fully saturated rings. The number of ketones is 1. The molecule has 2 N–H and O–H groups in total. The molecular weight excluding hydrogens is 306 g/mol. The highest BCUT2D eigenvalue weighted by molar-refractivity contribution is 7.21. The van der Waals surface area contributed by atoms with Gasteiger partial charge in [-0.3, -0.25) is 4.79 Å². The Balaban J connectivity index is 2.25. The number of Topliss-reactive ketones (excluding diaryl/α,β-unsaturated/α-hetero) is 1. The van der Waals surface area contributed by atoms with Crippen LogP contribution in [-0.2, 0) is 0 Å². The lowest BCUT2D eigenvalue weighted by molar-refractivity contribution is 0.102. The number of thiophene rings is 1. The minimum absolute atomic E-state index is 0.0166. The SMILES string of the molecule is CC(=O)c1sc2nc(C)cc(-c3ccc(N(C)C)cc3)c2c1N. The number of aromatic nitrogens is 1. The van der Waals surface area contributed by atoms with Crippen LogP contribution in [0.2, 0.25) is 0 Å². The van der Waals surface area contributed by atoms with Gasteiger partial charge in [0.25, 0.3) is 0 Å². The quantitative estimate of drug-likeness (QED) is 0.736. The van der Waals surface area contributed by atoms with Crippen LogP contribution in [0.4, 0.5) is 11.4 Å². The van der Waals surface area contributed by atoms with Crippen molar-refractivity contribution in [2.75, 3.05) is 24.7 Å². The summed E-state index contributed by atoms with van der Waals surface area (Å²) in [6.07, 6.45) is 0. The predicted octanol–water partition coefficient (Wildman–Crippen LogP) is 4.12. The normalized spacial score (nSPS) is 11.0.